The predicted octanol–water partition coefficient (Wildman–Crippen LogP) is 6.06. The van der Waals surface area contributed by atoms with Crippen molar-refractivity contribution in [3.05, 3.63) is 93.1 Å². The number of hydrogen-bond acceptors (Lipinski definition) is 6. The predicted molar refractivity (Wildman–Crippen MR) is 132 cm³/mol. The van der Waals surface area contributed by atoms with Gasteiger partial charge in [-0.1, -0.05) is 29.8 Å². The average Bonchev–Trinajstić information content (AvgIpc) is 2.84. The molecule has 7 heteroatoms. The maximum absolute atomic E-state index is 13.3. The molecule has 0 spiro atoms. The molecule has 0 unspecified atom stereocenters. The van der Waals surface area contributed by atoms with E-state index in [-0.39, 0.29) is 11.5 Å². The first kappa shape index (κ1) is 23.1. The average molecular weight is 477 g/mol. The van der Waals surface area contributed by atoms with Crippen molar-refractivity contribution >= 4 is 34.6 Å². The Morgan fingerprint density at radius 2 is 1.68 bits per heavy atom. The number of fused-ring (bicyclic) bond motifs is 1. The van der Waals surface area contributed by atoms with E-state index in [1.54, 1.807) is 66.7 Å². The molecule has 0 atom stereocenters. The van der Waals surface area contributed by atoms with E-state index in [0.29, 0.717) is 33.1 Å². The number of benzene rings is 3. The smallest absolute Gasteiger partial charge is 0.336 e. The molecular formula is C27H21ClO6. The van der Waals surface area contributed by atoms with Crippen molar-refractivity contribution in [3.63, 3.8) is 0 Å². The molecule has 0 aliphatic carbocycles. The van der Waals surface area contributed by atoms with Gasteiger partial charge in [-0.2, -0.15) is 0 Å². The second-order valence-corrected chi connectivity index (χ2v) is 7.90. The number of ether oxygens (including phenoxy) is 3. The summed E-state index contributed by atoms with van der Waals surface area (Å²) >= 11 is 5.90. The number of rotatable bonds is 6. The molecule has 4 aromatic rings. The lowest BCUT2D eigenvalue weighted by Crippen LogP contribution is -2.14. The van der Waals surface area contributed by atoms with Gasteiger partial charge in [-0.3, -0.25) is 4.79 Å². The van der Waals surface area contributed by atoms with Crippen LogP contribution in [0.4, 0.5) is 0 Å². The zero-order valence-corrected chi connectivity index (χ0v) is 19.5. The topological polar surface area (TPSA) is 75.0 Å². The lowest BCUT2D eigenvalue weighted by molar-refractivity contribution is -0.129. The first-order valence-corrected chi connectivity index (χ1v) is 10.7. The minimum absolute atomic E-state index is 0.109. The summed E-state index contributed by atoms with van der Waals surface area (Å²) in [7, 11) is 3.03. The van der Waals surface area contributed by atoms with E-state index in [0.717, 1.165) is 11.1 Å². The molecule has 3 aromatic carbocycles. The summed E-state index contributed by atoms with van der Waals surface area (Å²) in [4.78, 5) is 26.0. The van der Waals surface area contributed by atoms with Crippen LogP contribution in [0.15, 0.2) is 76.0 Å². The minimum Gasteiger partial charge on any atom is -0.493 e. The molecule has 0 bridgehead atoms. The molecule has 0 aliphatic heterocycles. The quantitative estimate of drug-likeness (QED) is 0.249. The van der Waals surface area contributed by atoms with Crippen LogP contribution < -0.4 is 19.6 Å². The molecule has 0 fully saturated rings. The normalized spacial score (nSPS) is 11.1. The van der Waals surface area contributed by atoms with E-state index in [2.05, 4.69) is 0 Å². The summed E-state index contributed by atoms with van der Waals surface area (Å²) in [6, 6.07) is 17.2. The van der Waals surface area contributed by atoms with Crippen LogP contribution in [0.25, 0.3) is 28.4 Å². The van der Waals surface area contributed by atoms with Gasteiger partial charge in [0.2, 0.25) is 11.2 Å². The molecule has 34 heavy (non-hydrogen) atoms. The standard InChI is InChI=1S/C27H21ClO6/c1-16-4-11-20-22(14-16)33-26(18-8-12-21(31-2)23(15-18)32-3)27(25(20)30)34-24(29)13-7-17-5-9-19(28)10-6-17/h4-15H,1-3H3. The lowest BCUT2D eigenvalue weighted by atomic mass is 10.1. The number of carbonyl (C=O) groups is 1. The second kappa shape index (κ2) is 9.85. The molecule has 0 N–H and O–H groups in total. The van der Waals surface area contributed by atoms with E-state index in [9.17, 15) is 9.59 Å². The van der Waals surface area contributed by atoms with Gasteiger partial charge in [0.05, 0.1) is 19.6 Å². The highest BCUT2D eigenvalue weighted by Gasteiger charge is 2.21. The molecule has 1 aromatic heterocycles. The fourth-order valence-corrected chi connectivity index (χ4v) is 3.54. The number of hydrogen-bond donors (Lipinski definition) is 0. The molecule has 0 amide bonds. The molecule has 0 saturated carbocycles. The monoisotopic (exact) mass is 476 g/mol. The molecule has 1 heterocycles. The zero-order chi connectivity index (χ0) is 24.2. The Morgan fingerprint density at radius 3 is 2.38 bits per heavy atom. The van der Waals surface area contributed by atoms with Gasteiger partial charge in [0.15, 0.2) is 17.3 Å². The lowest BCUT2D eigenvalue weighted by Gasteiger charge is -2.12. The van der Waals surface area contributed by atoms with Gasteiger partial charge in [-0.15, -0.1) is 0 Å². The van der Waals surface area contributed by atoms with E-state index in [1.807, 2.05) is 6.92 Å². The van der Waals surface area contributed by atoms with Crippen molar-refractivity contribution < 1.29 is 23.4 Å². The third-order valence-corrected chi connectivity index (χ3v) is 5.39. The Balaban J connectivity index is 1.80. The minimum atomic E-state index is -0.726. The highest BCUT2D eigenvalue weighted by Crippen LogP contribution is 2.37. The van der Waals surface area contributed by atoms with Gasteiger partial charge in [-0.25, -0.2) is 4.79 Å². The first-order chi connectivity index (χ1) is 16.4. The van der Waals surface area contributed by atoms with Gasteiger partial charge >= 0.3 is 5.97 Å². The Hall–Kier alpha value is -4.03. The number of esters is 1. The Kier molecular flexibility index (Phi) is 6.70. The van der Waals surface area contributed by atoms with Gasteiger partial charge in [0, 0.05) is 16.7 Å². The second-order valence-electron chi connectivity index (χ2n) is 7.46. The summed E-state index contributed by atoms with van der Waals surface area (Å²) in [6.07, 6.45) is 2.81. The molecule has 172 valence electrons. The molecular weight excluding hydrogens is 456 g/mol. The Labute approximate surface area is 200 Å². The van der Waals surface area contributed by atoms with Crippen LogP contribution >= 0.6 is 11.6 Å². The SMILES string of the molecule is COc1ccc(-c2oc3cc(C)ccc3c(=O)c2OC(=O)C=Cc2ccc(Cl)cc2)cc1OC. The fraction of sp³-hybridized carbons (Fsp3) is 0.111. The summed E-state index contributed by atoms with van der Waals surface area (Å²) in [5.74, 6) is 0.114. The van der Waals surface area contributed by atoms with Crippen LogP contribution in [-0.2, 0) is 4.79 Å². The first-order valence-electron chi connectivity index (χ1n) is 10.3. The van der Waals surface area contributed by atoms with Crippen LogP contribution in [0.2, 0.25) is 5.02 Å². The van der Waals surface area contributed by atoms with Crippen LogP contribution in [-0.4, -0.2) is 20.2 Å². The zero-order valence-electron chi connectivity index (χ0n) is 18.8. The summed E-state index contributed by atoms with van der Waals surface area (Å²) in [5.41, 5.74) is 2.08. The Bertz CT molecular complexity index is 1450. The van der Waals surface area contributed by atoms with Gasteiger partial charge in [-0.05, 0) is 66.6 Å². The van der Waals surface area contributed by atoms with Gasteiger partial charge < -0.3 is 18.6 Å². The number of carbonyl (C=O) groups excluding carboxylic acids is 1. The molecule has 4 rings (SSSR count). The largest absolute Gasteiger partial charge is 0.493 e. The van der Waals surface area contributed by atoms with Crippen LogP contribution in [0.1, 0.15) is 11.1 Å². The van der Waals surface area contributed by atoms with Crippen molar-refractivity contribution in [1.82, 2.24) is 0 Å². The summed E-state index contributed by atoms with van der Waals surface area (Å²) < 4.78 is 22.3. The third kappa shape index (κ3) is 4.82. The van der Waals surface area contributed by atoms with Crippen molar-refractivity contribution in [3.8, 4) is 28.6 Å². The molecule has 6 nitrogen and oxygen atoms in total. The van der Waals surface area contributed by atoms with E-state index < -0.39 is 11.4 Å². The van der Waals surface area contributed by atoms with Crippen molar-refractivity contribution in [2.24, 2.45) is 0 Å². The number of halogens is 1. The van der Waals surface area contributed by atoms with Crippen molar-refractivity contribution in [2.75, 3.05) is 14.2 Å². The number of methoxy groups -OCH3 is 2. The highest BCUT2D eigenvalue weighted by molar-refractivity contribution is 6.30. The Morgan fingerprint density at radius 1 is 0.941 bits per heavy atom. The molecule has 0 saturated heterocycles. The number of aryl methyl sites for hydroxylation is 1. The van der Waals surface area contributed by atoms with Gasteiger partial charge in [0.1, 0.15) is 5.58 Å². The molecule has 0 aliphatic rings. The van der Waals surface area contributed by atoms with Crippen molar-refractivity contribution in [2.45, 2.75) is 6.92 Å². The fourth-order valence-electron chi connectivity index (χ4n) is 3.42. The maximum Gasteiger partial charge on any atom is 0.336 e. The van der Waals surface area contributed by atoms with E-state index >= 15 is 0 Å². The molecule has 0 radical (unpaired) electrons. The van der Waals surface area contributed by atoms with Crippen LogP contribution in [0.3, 0.4) is 0 Å². The van der Waals surface area contributed by atoms with Crippen molar-refractivity contribution in [1.29, 1.82) is 0 Å². The summed E-state index contributed by atoms with van der Waals surface area (Å²) in [5, 5.41) is 0.891. The third-order valence-electron chi connectivity index (χ3n) is 5.14. The highest BCUT2D eigenvalue weighted by atomic mass is 35.5. The summed E-state index contributed by atoms with van der Waals surface area (Å²) in [6.45, 7) is 1.89. The maximum atomic E-state index is 13.3. The van der Waals surface area contributed by atoms with E-state index in [4.69, 9.17) is 30.2 Å². The van der Waals surface area contributed by atoms with E-state index in [1.165, 1.54) is 20.3 Å². The van der Waals surface area contributed by atoms with Gasteiger partial charge in [0.25, 0.3) is 0 Å². The van der Waals surface area contributed by atoms with Crippen LogP contribution in [0.5, 0.6) is 17.2 Å². The van der Waals surface area contributed by atoms with Crippen LogP contribution in [0, 0.1) is 6.92 Å².